The zero-order valence-electron chi connectivity index (χ0n) is 13.7. The van der Waals surface area contributed by atoms with Crippen molar-refractivity contribution < 1.29 is 9.59 Å². The second-order valence-electron chi connectivity index (χ2n) is 7.54. The molecule has 1 aliphatic heterocycles. The zero-order chi connectivity index (χ0) is 16.2. The van der Waals surface area contributed by atoms with Gasteiger partial charge in [0.15, 0.2) is 0 Å². The van der Waals surface area contributed by atoms with Crippen LogP contribution in [-0.4, -0.2) is 33.9 Å². The molecular formula is C18H23N3O2. The van der Waals surface area contributed by atoms with Gasteiger partial charge in [-0.2, -0.15) is 5.10 Å². The number of carbonyl (C=O) groups excluding carboxylic acids is 2. The Bertz CT molecular complexity index is 678. The van der Waals surface area contributed by atoms with Crippen molar-refractivity contribution in [1.82, 2.24) is 9.99 Å². The smallest absolute Gasteiger partial charge is 0.255 e. The molecule has 0 aromatic carbocycles. The number of carbonyl (C=O) groups is 2. The van der Waals surface area contributed by atoms with Gasteiger partial charge in [0.25, 0.3) is 5.91 Å². The maximum atomic E-state index is 13.1. The largest absolute Gasteiger partial charge is 0.359 e. The maximum Gasteiger partial charge on any atom is 0.255 e. The Hall–Kier alpha value is -1.91. The number of H-pyrrole nitrogens is 1. The topological polar surface area (TPSA) is 65.5 Å². The van der Waals surface area contributed by atoms with Crippen LogP contribution in [0, 0.1) is 23.2 Å². The van der Waals surface area contributed by atoms with Crippen molar-refractivity contribution in [3.8, 4) is 0 Å². The van der Waals surface area contributed by atoms with Gasteiger partial charge >= 0.3 is 0 Å². The number of hydrazone groups is 1. The van der Waals surface area contributed by atoms with Gasteiger partial charge in [-0.25, -0.2) is 5.01 Å². The molecule has 1 N–H and O–H groups in total. The average molecular weight is 313 g/mol. The van der Waals surface area contributed by atoms with E-state index in [4.69, 9.17) is 0 Å². The van der Waals surface area contributed by atoms with Gasteiger partial charge in [0.05, 0.1) is 16.8 Å². The summed E-state index contributed by atoms with van der Waals surface area (Å²) >= 11 is 0. The van der Waals surface area contributed by atoms with Crippen LogP contribution in [0.3, 0.4) is 0 Å². The number of aromatic nitrogens is 1. The van der Waals surface area contributed by atoms with Gasteiger partial charge in [-0.15, -0.1) is 0 Å². The summed E-state index contributed by atoms with van der Waals surface area (Å²) in [6, 6.07) is 3.52. The first-order valence-corrected chi connectivity index (χ1v) is 8.54. The van der Waals surface area contributed by atoms with Crippen molar-refractivity contribution in [1.29, 1.82) is 0 Å². The highest BCUT2D eigenvalue weighted by atomic mass is 16.2. The molecule has 122 valence electrons. The van der Waals surface area contributed by atoms with Crippen LogP contribution < -0.4 is 0 Å². The quantitative estimate of drug-likeness (QED) is 0.869. The number of nitrogens with one attached hydrogen (secondary N) is 1. The van der Waals surface area contributed by atoms with Crippen LogP contribution in [0.25, 0.3) is 0 Å². The van der Waals surface area contributed by atoms with Gasteiger partial charge in [0, 0.05) is 6.20 Å². The monoisotopic (exact) mass is 313 g/mol. The number of amides is 1. The average Bonchev–Trinajstić information content (AvgIpc) is 3.30. The van der Waals surface area contributed by atoms with E-state index in [9.17, 15) is 9.59 Å². The third-order valence-electron chi connectivity index (χ3n) is 6.37. The fraction of sp³-hybridized carbons (Fsp3) is 0.611. The minimum Gasteiger partial charge on any atom is -0.359 e. The minimum atomic E-state index is -0.518. The van der Waals surface area contributed by atoms with E-state index in [1.54, 1.807) is 18.3 Å². The summed E-state index contributed by atoms with van der Waals surface area (Å²) in [6.45, 7) is 4.01. The highest BCUT2D eigenvalue weighted by molar-refractivity contribution is 6.12. The molecule has 5 nitrogen and oxygen atoms in total. The molecule has 1 aromatic heterocycles. The predicted molar refractivity (Wildman–Crippen MR) is 87.0 cm³/mol. The van der Waals surface area contributed by atoms with Gasteiger partial charge < -0.3 is 4.98 Å². The van der Waals surface area contributed by atoms with Crippen LogP contribution in [0.15, 0.2) is 23.4 Å². The molecule has 2 fully saturated rings. The molecular weight excluding hydrogens is 290 g/mol. The standard InChI is InChI=1S/C18H23N3O2/c1-11-18(2,14-9-12-5-6-13(14)8-12)17(23)21(20-11)10-16(22)15-4-3-7-19-15/h3-4,7,12-14,19H,5-6,8-10H2,1-2H3/t12-,13+,14+,18?/m0/s1. The molecule has 5 heteroatoms. The summed E-state index contributed by atoms with van der Waals surface area (Å²) in [7, 11) is 0. The summed E-state index contributed by atoms with van der Waals surface area (Å²) in [5, 5.41) is 5.86. The Morgan fingerprint density at radius 1 is 1.43 bits per heavy atom. The van der Waals surface area contributed by atoms with Gasteiger partial charge in [0.2, 0.25) is 5.78 Å². The van der Waals surface area contributed by atoms with Gasteiger partial charge in [-0.05, 0) is 63.0 Å². The summed E-state index contributed by atoms with van der Waals surface area (Å²) < 4.78 is 0. The first-order chi connectivity index (χ1) is 11.0. The Kier molecular flexibility index (Phi) is 3.22. The van der Waals surface area contributed by atoms with E-state index >= 15 is 0 Å². The lowest BCUT2D eigenvalue weighted by Gasteiger charge is -2.35. The molecule has 1 aromatic rings. The number of hydrogen-bond donors (Lipinski definition) is 1. The van der Waals surface area contributed by atoms with Gasteiger partial charge in [0.1, 0.15) is 6.54 Å². The molecule has 0 saturated heterocycles. The van der Waals surface area contributed by atoms with E-state index in [1.807, 2.05) is 13.8 Å². The van der Waals surface area contributed by atoms with Crippen LogP contribution in [0.4, 0.5) is 0 Å². The van der Waals surface area contributed by atoms with Crippen molar-refractivity contribution in [2.75, 3.05) is 6.54 Å². The lowest BCUT2D eigenvalue weighted by atomic mass is 9.66. The Labute approximate surface area is 136 Å². The second-order valence-corrected chi connectivity index (χ2v) is 7.54. The first-order valence-electron chi connectivity index (χ1n) is 8.54. The Morgan fingerprint density at radius 3 is 2.87 bits per heavy atom. The second kappa shape index (κ2) is 5.05. The number of hydrogen-bond acceptors (Lipinski definition) is 3. The molecule has 0 spiro atoms. The van der Waals surface area contributed by atoms with E-state index in [2.05, 4.69) is 10.1 Å². The van der Waals surface area contributed by atoms with Crippen molar-refractivity contribution >= 4 is 17.4 Å². The van der Waals surface area contributed by atoms with Crippen molar-refractivity contribution in [2.24, 2.45) is 28.3 Å². The van der Waals surface area contributed by atoms with Crippen molar-refractivity contribution in [3.05, 3.63) is 24.0 Å². The number of ketones is 1. The molecule has 4 rings (SSSR count). The highest BCUT2D eigenvalue weighted by Crippen LogP contribution is 2.56. The maximum absolute atomic E-state index is 13.1. The fourth-order valence-corrected chi connectivity index (χ4v) is 4.96. The first kappa shape index (κ1) is 14.7. The number of nitrogens with zero attached hydrogens (tertiary/aromatic N) is 2. The zero-order valence-corrected chi connectivity index (χ0v) is 13.7. The summed E-state index contributed by atoms with van der Waals surface area (Å²) in [5.41, 5.74) is 0.883. The van der Waals surface area contributed by atoms with Gasteiger partial charge in [-0.1, -0.05) is 6.42 Å². The molecule has 0 radical (unpaired) electrons. The van der Waals surface area contributed by atoms with Crippen molar-refractivity contribution in [3.63, 3.8) is 0 Å². The number of rotatable bonds is 4. The Balaban J connectivity index is 1.54. The summed E-state index contributed by atoms with van der Waals surface area (Å²) in [4.78, 5) is 28.2. The fourth-order valence-electron chi connectivity index (χ4n) is 4.96. The summed E-state index contributed by atoms with van der Waals surface area (Å²) in [5.74, 6) is 1.74. The van der Waals surface area contributed by atoms with E-state index in [-0.39, 0.29) is 18.2 Å². The van der Waals surface area contributed by atoms with E-state index in [1.165, 1.54) is 24.3 Å². The van der Waals surface area contributed by atoms with Crippen LogP contribution in [0.5, 0.6) is 0 Å². The minimum absolute atomic E-state index is 0.00690. The molecule has 2 saturated carbocycles. The predicted octanol–water partition coefficient (Wildman–Crippen LogP) is 2.86. The van der Waals surface area contributed by atoms with Crippen LogP contribution >= 0.6 is 0 Å². The van der Waals surface area contributed by atoms with Crippen LogP contribution in [0.1, 0.15) is 50.0 Å². The molecule has 23 heavy (non-hydrogen) atoms. The van der Waals surface area contributed by atoms with Crippen molar-refractivity contribution in [2.45, 2.75) is 39.5 Å². The number of fused-ring (bicyclic) bond motifs is 2. The van der Waals surface area contributed by atoms with E-state index < -0.39 is 5.41 Å². The van der Waals surface area contributed by atoms with E-state index in [0.29, 0.717) is 17.5 Å². The normalized spacial score (nSPS) is 35.9. The molecule has 1 amide bonds. The molecule has 2 heterocycles. The lowest BCUT2D eigenvalue weighted by Crippen LogP contribution is -2.45. The SMILES string of the molecule is CC1=NN(CC(=O)c2ccc[nH]2)C(=O)C1(C)[C@@H]1C[C@H]2CC[C@@H]1C2. The summed E-state index contributed by atoms with van der Waals surface area (Å²) in [6.07, 6.45) is 6.68. The molecule has 4 atom stereocenters. The third-order valence-corrected chi connectivity index (χ3v) is 6.37. The van der Waals surface area contributed by atoms with Gasteiger partial charge in [-0.3, -0.25) is 9.59 Å². The van der Waals surface area contributed by atoms with E-state index in [0.717, 1.165) is 18.1 Å². The molecule has 2 bridgehead atoms. The van der Waals surface area contributed by atoms with Crippen LogP contribution in [0.2, 0.25) is 0 Å². The highest BCUT2D eigenvalue weighted by Gasteiger charge is 2.57. The lowest BCUT2D eigenvalue weighted by molar-refractivity contribution is -0.138. The molecule has 3 aliphatic rings. The third kappa shape index (κ3) is 2.09. The number of aromatic amines is 1. The Morgan fingerprint density at radius 2 is 2.26 bits per heavy atom. The number of Topliss-reactive ketones (excluding diaryl/α,β-unsaturated/α-hetero) is 1. The molecule has 2 aliphatic carbocycles. The molecule has 1 unspecified atom stereocenters. The van der Waals surface area contributed by atoms with Crippen LogP contribution in [-0.2, 0) is 4.79 Å².